The number of benzene rings is 2. The number of hydrogen-bond acceptors (Lipinski definition) is 3. The summed E-state index contributed by atoms with van der Waals surface area (Å²) in [6, 6.07) is 11.9. The van der Waals surface area contributed by atoms with Gasteiger partial charge in [-0.1, -0.05) is 18.2 Å². The molecule has 1 amide bonds. The van der Waals surface area contributed by atoms with Crippen molar-refractivity contribution in [3.05, 3.63) is 71.0 Å². The fraction of sp³-hybridized carbons (Fsp3) is 0.300. The van der Waals surface area contributed by atoms with E-state index in [0.717, 1.165) is 0 Å². The number of ether oxygens (including phenoxy) is 1. The Kier molecular flexibility index (Phi) is 6.83. The van der Waals surface area contributed by atoms with Crippen LogP contribution < -0.4 is 5.32 Å². The second-order valence-corrected chi connectivity index (χ2v) is 5.91. The molecule has 0 saturated carbocycles. The summed E-state index contributed by atoms with van der Waals surface area (Å²) < 4.78 is 18.4. The van der Waals surface area contributed by atoms with Crippen molar-refractivity contribution in [2.45, 2.75) is 26.4 Å². The largest absolute Gasteiger partial charge is 0.379 e. The number of halogens is 1. The average Bonchev–Trinajstić information content (AvgIpc) is 2.61. The summed E-state index contributed by atoms with van der Waals surface area (Å²) in [5, 5.41) is 2.80. The Morgan fingerprint density at radius 2 is 1.68 bits per heavy atom. The molecule has 5 heteroatoms. The lowest BCUT2D eigenvalue weighted by Crippen LogP contribution is -2.27. The molecule has 1 N–H and O–H groups in total. The molecule has 0 atom stereocenters. The Morgan fingerprint density at radius 3 is 2.32 bits per heavy atom. The molecular weight excluding hydrogens is 321 g/mol. The van der Waals surface area contributed by atoms with Gasteiger partial charge < -0.3 is 10.1 Å². The highest BCUT2D eigenvalue weighted by atomic mass is 19.1. The van der Waals surface area contributed by atoms with E-state index < -0.39 is 5.82 Å². The van der Waals surface area contributed by atoms with E-state index in [1.165, 1.54) is 24.3 Å². The van der Waals surface area contributed by atoms with Crippen LogP contribution in [0, 0.1) is 5.82 Å². The van der Waals surface area contributed by atoms with Crippen molar-refractivity contribution in [3.63, 3.8) is 0 Å². The van der Waals surface area contributed by atoms with E-state index in [0.29, 0.717) is 36.3 Å². The van der Waals surface area contributed by atoms with Gasteiger partial charge in [0.25, 0.3) is 5.91 Å². The minimum Gasteiger partial charge on any atom is -0.379 e. The molecule has 132 valence electrons. The summed E-state index contributed by atoms with van der Waals surface area (Å²) in [5.74, 6) is -1.03. The van der Waals surface area contributed by atoms with Crippen LogP contribution in [0.3, 0.4) is 0 Å². The third-order valence-electron chi connectivity index (χ3n) is 3.58. The highest BCUT2D eigenvalue weighted by Crippen LogP contribution is 2.15. The second kappa shape index (κ2) is 9.08. The average molecular weight is 343 g/mol. The minimum atomic E-state index is -0.411. The Balaban J connectivity index is 2.05. The van der Waals surface area contributed by atoms with Gasteiger partial charge in [-0.25, -0.2) is 4.39 Å². The van der Waals surface area contributed by atoms with Crippen molar-refractivity contribution in [1.29, 1.82) is 0 Å². The van der Waals surface area contributed by atoms with Crippen LogP contribution in [0.1, 0.15) is 46.5 Å². The summed E-state index contributed by atoms with van der Waals surface area (Å²) >= 11 is 0. The quantitative estimate of drug-likeness (QED) is 0.588. The number of carbonyl (C=O) groups excluding carboxylic acids is 2. The lowest BCUT2D eigenvalue weighted by molar-refractivity contribution is 0.0756. The highest BCUT2D eigenvalue weighted by molar-refractivity contribution is 6.15. The molecule has 0 aliphatic heterocycles. The van der Waals surface area contributed by atoms with Crippen LogP contribution in [0.2, 0.25) is 0 Å². The predicted molar refractivity (Wildman–Crippen MR) is 94.3 cm³/mol. The first-order valence-corrected chi connectivity index (χ1v) is 8.28. The zero-order chi connectivity index (χ0) is 18.2. The molecule has 0 spiro atoms. The van der Waals surface area contributed by atoms with Crippen molar-refractivity contribution in [3.8, 4) is 0 Å². The first-order chi connectivity index (χ1) is 12.0. The van der Waals surface area contributed by atoms with Crippen molar-refractivity contribution in [2.75, 3.05) is 13.2 Å². The van der Waals surface area contributed by atoms with E-state index in [4.69, 9.17) is 4.74 Å². The maximum absolute atomic E-state index is 13.0. The zero-order valence-corrected chi connectivity index (χ0v) is 14.4. The van der Waals surface area contributed by atoms with E-state index in [1.54, 1.807) is 24.3 Å². The van der Waals surface area contributed by atoms with E-state index in [-0.39, 0.29) is 17.8 Å². The van der Waals surface area contributed by atoms with Gasteiger partial charge in [-0.05, 0) is 50.6 Å². The number of nitrogens with one attached hydrogen (secondary N) is 1. The Labute approximate surface area is 147 Å². The van der Waals surface area contributed by atoms with Gasteiger partial charge in [0.05, 0.1) is 11.7 Å². The van der Waals surface area contributed by atoms with Crippen molar-refractivity contribution < 1.29 is 18.7 Å². The first kappa shape index (κ1) is 18.8. The molecule has 2 aromatic rings. The van der Waals surface area contributed by atoms with Crippen LogP contribution in [0.4, 0.5) is 4.39 Å². The SMILES string of the molecule is CC(C)OCCCNC(=O)c1ccccc1C(=O)c1ccc(F)cc1. The number of carbonyl (C=O) groups is 2. The van der Waals surface area contributed by atoms with Crippen LogP contribution in [0.25, 0.3) is 0 Å². The molecule has 0 aromatic heterocycles. The van der Waals surface area contributed by atoms with Gasteiger partial charge in [0, 0.05) is 24.3 Å². The Hall–Kier alpha value is -2.53. The molecule has 2 rings (SSSR count). The third-order valence-corrected chi connectivity index (χ3v) is 3.58. The van der Waals surface area contributed by atoms with Gasteiger partial charge in [0.15, 0.2) is 5.78 Å². The molecular formula is C20H22FNO3. The number of rotatable bonds is 8. The fourth-order valence-corrected chi connectivity index (χ4v) is 2.32. The van der Waals surface area contributed by atoms with Crippen LogP contribution in [-0.4, -0.2) is 30.9 Å². The standard InChI is InChI=1S/C20H22FNO3/c1-14(2)25-13-5-12-22-20(24)18-7-4-3-6-17(18)19(23)15-8-10-16(21)11-9-15/h3-4,6-11,14H,5,12-13H2,1-2H3,(H,22,24). The summed E-state index contributed by atoms with van der Waals surface area (Å²) in [7, 11) is 0. The second-order valence-electron chi connectivity index (χ2n) is 5.91. The zero-order valence-electron chi connectivity index (χ0n) is 14.4. The summed E-state index contributed by atoms with van der Waals surface area (Å²) in [6.45, 7) is 4.94. The molecule has 0 saturated heterocycles. The molecule has 0 aliphatic carbocycles. The van der Waals surface area contributed by atoms with E-state index in [1.807, 2.05) is 13.8 Å². The first-order valence-electron chi connectivity index (χ1n) is 8.28. The fourth-order valence-electron chi connectivity index (χ4n) is 2.32. The van der Waals surface area contributed by atoms with Crippen LogP contribution in [0.5, 0.6) is 0 Å². The number of amides is 1. The maximum Gasteiger partial charge on any atom is 0.252 e. The molecule has 4 nitrogen and oxygen atoms in total. The van der Waals surface area contributed by atoms with Crippen molar-refractivity contribution in [2.24, 2.45) is 0 Å². The lowest BCUT2D eigenvalue weighted by atomic mass is 9.98. The Bertz CT molecular complexity index is 726. The van der Waals surface area contributed by atoms with E-state index in [9.17, 15) is 14.0 Å². The van der Waals surface area contributed by atoms with Gasteiger partial charge >= 0.3 is 0 Å². The molecule has 0 radical (unpaired) electrons. The van der Waals surface area contributed by atoms with Crippen molar-refractivity contribution in [1.82, 2.24) is 5.32 Å². The van der Waals surface area contributed by atoms with Crippen LogP contribution in [0.15, 0.2) is 48.5 Å². The van der Waals surface area contributed by atoms with Crippen LogP contribution >= 0.6 is 0 Å². The Morgan fingerprint density at radius 1 is 1.04 bits per heavy atom. The summed E-state index contributed by atoms with van der Waals surface area (Å²) in [4.78, 5) is 25.0. The topological polar surface area (TPSA) is 55.4 Å². The van der Waals surface area contributed by atoms with Crippen molar-refractivity contribution >= 4 is 11.7 Å². The molecule has 0 unspecified atom stereocenters. The molecule has 2 aromatic carbocycles. The summed E-state index contributed by atoms with van der Waals surface area (Å²) in [6.07, 6.45) is 0.850. The predicted octanol–water partition coefficient (Wildman–Crippen LogP) is 3.60. The smallest absolute Gasteiger partial charge is 0.252 e. The van der Waals surface area contributed by atoms with Gasteiger partial charge in [-0.3, -0.25) is 9.59 Å². The molecule has 25 heavy (non-hydrogen) atoms. The maximum atomic E-state index is 13.0. The molecule has 0 heterocycles. The monoisotopic (exact) mass is 343 g/mol. The van der Waals surface area contributed by atoms with Crippen LogP contribution in [-0.2, 0) is 4.74 Å². The molecule has 0 aliphatic rings. The summed E-state index contributed by atoms with van der Waals surface area (Å²) in [5.41, 5.74) is 0.943. The normalized spacial score (nSPS) is 10.7. The third kappa shape index (κ3) is 5.50. The number of ketones is 1. The highest BCUT2D eigenvalue weighted by Gasteiger charge is 2.17. The number of hydrogen-bond donors (Lipinski definition) is 1. The van der Waals surface area contributed by atoms with Gasteiger partial charge in [0.1, 0.15) is 5.82 Å². The lowest BCUT2D eigenvalue weighted by Gasteiger charge is -2.11. The minimum absolute atomic E-state index is 0.157. The van der Waals surface area contributed by atoms with Gasteiger partial charge in [0.2, 0.25) is 0 Å². The van der Waals surface area contributed by atoms with Gasteiger partial charge in [-0.2, -0.15) is 0 Å². The van der Waals surface area contributed by atoms with E-state index in [2.05, 4.69) is 5.32 Å². The van der Waals surface area contributed by atoms with E-state index >= 15 is 0 Å². The molecule has 0 fully saturated rings. The molecule has 0 bridgehead atoms. The van der Waals surface area contributed by atoms with Gasteiger partial charge in [-0.15, -0.1) is 0 Å².